The van der Waals surface area contributed by atoms with Gasteiger partial charge in [0.1, 0.15) is 16.4 Å². The first-order valence-electron chi connectivity index (χ1n) is 9.00. The molecule has 0 saturated heterocycles. The number of carbonyl (C=O) groups excluding carboxylic acids is 1. The van der Waals surface area contributed by atoms with Crippen LogP contribution >= 0.6 is 11.6 Å². The van der Waals surface area contributed by atoms with Gasteiger partial charge in [0.2, 0.25) is 11.9 Å². The lowest BCUT2D eigenvalue weighted by Crippen LogP contribution is -2.14. The molecule has 0 fully saturated rings. The quantitative estimate of drug-likeness (QED) is 0.478. The summed E-state index contributed by atoms with van der Waals surface area (Å²) in [5, 5.41) is 7.93. The van der Waals surface area contributed by atoms with Crippen LogP contribution in [0.25, 0.3) is 0 Å². The molecule has 2 aromatic heterocycles. The summed E-state index contributed by atoms with van der Waals surface area (Å²) in [6, 6.07) is 4.81. The van der Waals surface area contributed by atoms with Gasteiger partial charge in [0, 0.05) is 13.1 Å². The third kappa shape index (κ3) is 5.52. The number of hydrogen-bond acceptors (Lipinski definition) is 8. The Kier molecular flexibility index (Phi) is 6.63. The minimum absolute atomic E-state index is 0.0123. The van der Waals surface area contributed by atoms with E-state index < -0.39 is 17.6 Å². The molecule has 13 heteroatoms. The predicted octanol–water partition coefficient (Wildman–Crippen LogP) is 4.70. The van der Waals surface area contributed by atoms with Gasteiger partial charge in [0.15, 0.2) is 5.82 Å². The maximum Gasteiger partial charge on any atom is 0.421 e. The number of aryl methyl sites for hydroxylation is 1. The SMILES string of the molecule is COc1ncc(Cl)c(Nc2ncc(C(F)(F)F)c(Nc3ccc(C)cc3NC(C)=O)n2)n1. The summed E-state index contributed by atoms with van der Waals surface area (Å²) < 4.78 is 45.6. The van der Waals surface area contributed by atoms with Crippen LogP contribution in [0.15, 0.2) is 30.6 Å². The van der Waals surface area contributed by atoms with E-state index in [-0.39, 0.29) is 34.4 Å². The van der Waals surface area contributed by atoms with E-state index in [2.05, 4.69) is 35.9 Å². The van der Waals surface area contributed by atoms with E-state index in [0.29, 0.717) is 11.9 Å². The number of aromatic nitrogens is 4. The van der Waals surface area contributed by atoms with Crippen molar-refractivity contribution in [1.82, 2.24) is 19.9 Å². The second kappa shape index (κ2) is 9.22. The average Bonchev–Trinajstić information content (AvgIpc) is 2.70. The molecule has 0 saturated carbocycles. The Labute approximate surface area is 185 Å². The summed E-state index contributed by atoms with van der Waals surface area (Å²) in [5.41, 5.74) is 0.196. The molecular formula is C19H17ClF3N7O2. The number of rotatable bonds is 6. The van der Waals surface area contributed by atoms with E-state index in [1.54, 1.807) is 19.1 Å². The molecule has 1 aromatic carbocycles. The summed E-state index contributed by atoms with van der Waals surface area (Å²) in [4.78, 5) is 27.0. The Hall–Kier alpha value is -3.67. The van der Waals surface area contributed by atoms with Gasteiger partial charge in [-0.2, -0.15) is 23.1 Å². The van der Waals surface area contributed by atoms with Crippen molar-refractivity contribution in [2.45, 2.75) is 20.0 Å². The van der Waals surface area contributed by atoms with E-state index in [4.69, 9.17) is 16.3 Å². The molecule has 3 aromatic rings. The number of halogens is 4. The first-order valence-corrected chi connectivity index (χ1v) is 9.37. The molecule has 3 rings (SSSR count). The van der Waals surface area contributed by atoms with Crippen molar-refractivity contribution in [3.63, 3.8) is 0 Å². The van der Waals surface area contributed by atoms with Crippen molar-refractivity contribution in [2.24, 2.45) is 0 Å². The highest BCUT2D eigenvalue weighted by atomic mass is 35.5. The van der Waals surface area contributed by atoms with Crippen LogP contribution in [0.5, 0.6) is 6.01 Å². The zero-order chi connectivity index (χ0) is 23.5. The predicted molar refractivity (Wildman–Crippen MR) is 113 cm³/mol. The van der Waals surface area contributed by atoms with E-state index in [9.17, 15) is 18.0 Å². The number of ether oxygens (including phenoxy) is 1. The monoisotopic (exact) mass is 467 g/mol. The summed E-state index contributed by atoms with van der Waals surface area (Å²) in [5.74, 6) is -1.09. The lowest BCUT2D eigenvalue weighted by molar-refractivity contribution is -0.137. The van der Waals surface area contributed by atoms with Crippen LogP contribution < -0.4 is 20.7 Å². The number of nitrogens with zero attached hydrogens (tertiary/aromatic N) is 4. The standard InChI is InChI=1S/C19H17ClF3N7O2/c1-9-4-5-13(14(6-9)26-10(2)31)27-15-11(19(21,22)23)7-24-17(28-15)29-16-12(20)8-25-18(30-16)32-3/h4-8H,1-3H3,(H,26,31)(H2,24,25,27,28,29,30). The molecule has 32 heavy (non-hydrogen) atoms. The molecule has 2 heterocycles. The van der Waals surface area contributed by atoms with Crippen molar-refractivity contribution in [1.29, 1.82) is 0 Å². The van der Waals surface area contributed by atoms with Crippen LogP contribution in [0.1, 0.15) is 18.1 Å². The number of nitrogens with one attached hydrogen (secondary N) is 3. The number of benzene rings is 1. The van der Waals surface area contributed by atoms with Gasteiger partial charge in [-0.15, -0.1) is 0 Å². The molecule has 0 unspecified atom stereocenters. The lowest BCUT2D eigenvalue weighted by atomic mass is 10.1. The zero-order valence-electron chi connectivity index (χ0n) is 17.0. The average molecular weight is 468 g/mol. The topological polar surface area (TPSA) is 114 Å². The molecule has 0 aliphatic rings. The van der Waals surface area contributed by atoms with Crippen LogP contribution in [0.3, 0.4) is 0 Å². The largest absolute Gasteiger partial charge is 0.467 e. The summed E-state index contributed by atoms with van der Waals surface area (Å²) >= 11 is 6.03. The molecule has 3 N–H and O–H groups in total. The Morgan fingerprint density at radius 1 is 1.06 bits per heavy atom. The summed E-state index contributed by atoms with van der Waals surface area (Å²) in [6.45, 7) is 3.07. The third-order valence-corrected chi connectivity index (χ3v) is 4.24. The molecule has 168 valence electrons. The van der Waals surface area contributed by atoms with Crippen LogP contribution in [0.2, 0.25) is 5.02 Å². The smallest absolute Gasteiger partial charge is 0.421 e. The molecule has 0 spiro atoms. The van der Waals surface area contributed by atoms with E-state index in [1.165, 1.54) is 26.3 Å². The van der Waals surface area contributed by atoms with Crippen molar-refractivity contribution >= 4 is 46.5 Å². The molecule has 0 aliphatic heterocycles. The van der Waals surface area contributed by atoms with Gasteiger partial charge < -0.3 is 20.7 Å². The highest BCUT2D eigenvalue weighted by Gasteiger charge is 2.35. The van der Waals surface area contributed by atoms with Gasteiger partial charge in [-0.05, 0) is 24.6 Å². The first kappa shape index (κ1) is 23.0. The number of anilines is 5. The molecule has 1 amide bonds. The lowest BCUT2D eigenvalue weighted by Gasteiger charge is -2.17. The number of amides is 1. The summed E-state index contributed by atoms with van der Waals surface area (Å²) in [6.07, 6.45) is -2.86. The second-order valence-corrected chi connectivity index (χ2v) is 6.89. The van der Waals surface area contributed by atoms with Crippen molar-refractivity contribution in [2.75, 3.05) is 23.1 Å². The van der Waals surface area contributed by atoms with Gasteiger partial charge >= 0.3 is 12.2 Å². The van der Waals surface area contributed by atoms with E-state index >= 15 is 0 Å². The van der Waals surface area contributed by atoms with Gasteiger partial charge in [-0.3, -0.25) is 4.79 Å². The van der Waals surface area contributed by atoms with Gasteiger partial charge in [-0.25, -0.2) is 9.97 Å². The van der Waals surface area contributed by atoms with E-state index in [1.807, 2.05) is 0 Å². The molecule has 0 atom stereocenters. The highest BCUT2D eigenvalue weighted by Crippen LogP contribution is 2.37. The zero-order valence-corrected chi connectivity index (χ0v) is 17.8. The van der Waals surface area contributed by atoms with Gasteiger partial charge in [-0.1, -0.05) is 17.7 Å². The minimum atomic E-state index is -4.74. The molecule has 0 aliphatic carbocycles. The Bertz CT molecular complexity index is 1160. The third-order valence-electron chi connectivity index (χ3n) is 3.97. The maximum atomic E-state index is 13.6. The van der Waals surface area contributed by atoms with Crippen molar-refractivity contribution in [3.05, 3.63) is 46.7 Å². The Morgan fingerprint density at radius 2 is 1.81 bits per heavy atom. The van der Waals surface area contributed by atoms with Gasteiger partial charge in [0.25, 0.3) is 0 Å². The number of hydrogen-bond donors (Lipinski definition) is 3. The fourth-order valence-electron chi connectivity index (χ4n) is 2.58. The van der Waals surface area contributed by atoms with Gasteiger partial charge in [0.05, 0.1) is 24.7 Å². The van der Waals surface area contributed by atoms with Crippen LogP contribution in [0.4, 0.5) is 42.1 Å². The highest BCUT2D eigenvalue weighted by molar-refractivity contribution is 6.32. The molecular weight excluding hydrogens is 451 g/mol. The number of alkyl halides is 3. The normalized spacial score (nSPS) is 11.1. The number of methoxy groups -OCH3 is 1. The van der Waals surface area contributed by atoms with Crippen molar-refractivity contribution < 1.29 is 22.7 Å². The van der Waals surface area contributed by atoms with Crippen LogP contribution in [0, 0.1) is 6.92 Å². The Balaban J connectivity index is 2.02. The molecule has 9 nitrogen and oxygen atoms in total. The molecule has 0 radical (unpaired) electrons. The first-order chi connectivity index (χ1) is 15.1. The maximum absolute atomic E-state index is 13.6. The van der Waals surface area contributed by atoms with E-state index in [0.717, 1.165) is 5.56 Å². The minimum Gasteiger partial charge on any atom is -0.467 e. The molecule has 0 bridgehead atoms. The second-order valence-electron chi connectivity index (χ2n) is 6.49. The van der Waals surface area contributed by atoms with Crippen LogP contribution in [-0.2, 0) is 11.0 Å². The Morgan fingerprint density at radius 3 is 2.47 bits per heavy atom. The number of carbonyl (C=O) groups is 1. The van der Waals surface area contributed by atoms with Crippen LogP contribution in [-0.4, -0.2) is 33.0 Å². The van der Waals surface area contributed by atoms with Crippen molar-refractivity contribution in [3.8, 4) is 6.01 Å². The fraction of sp³-hybridized carbons (Fsp3) is 0.211. The fourth-order valence-corrected chi connectivity index (χ4v) is 2.71. The summed E-state index contributed by atoms with van der Waals surface area (Å²) in [7, 11) is 1.35.